The summed E-state index contributed by atoms with van der Waals surface area (Å²) in [6, 6.07) is 4.91. The molecule has 0 aliphatic carbocycles. The second-order valence-corrected chi connectivity index (χ2v) is 5.00. The molecule has 1 aromatic rings. The van der Waals surface area contributed by atoms with Crippen LogP contribution in [0.5, 0.6) is 0 Å². The number of nitrogen functional groups attached to an aromatic ring is 1. The SMILES string of the molecule is CC(C)NC(=O)CNC(=O)c1ccc(N)c(Br)c1. The third-order valence-electron chi connectivity index (χ3n) is 2.12. The van der Waals surface area contributed by atoms with Crippen LogP contribution >= 0.6 is 15.9 Å². The molecule has 0 aromatic heterocycles. The Hall–Kier alpha value is -1.56. The Balaban J connectivity index is 2.55. The van der Waals surface area contributed by atoms with Gasteiger partial charge in [0.15, 0.2) is 0 Å². The summed E-state index contributed by atoms with van der Waals surface area (Å²) in [6.45, 7) is 3.67. The van der Waals surface area contributed by atoms with Crippen LogP contribution in [0, 0.1) is 0 Å². The number of carbonyl (C=O) groups is 2. The normalized spacial score (nSPS) is 10.2. The van der Waals surface area contributed by atoms with Crippen molar-refractivity contribution in [3.8, 4) is 0 Å². The molecule has 2 amide bonds. The number of rotatable bonds is 4. The van der Waals surface area contributed by atoms with Gasteiger partial charge in [-0.05, 0) is 48.0 Å². The van der Waals surface area contributed by atoms with Gasteiger partial charge in [0.2, 0.25) is 5.91 Å². The summed E-state index contributed by atoms with van der Waals surface area (Å²) in [6.07, 6.45) is 0. The average molecular weight is 314 g/mol. The molecule has 0 radical (unpaired) electrons. The first-order valence-electron chi connectivity index (χ1n) is 5.52. The molecule has 18 heavy (non-hydrogen) atoms. The predicted octanol–water partition coefficient (Wildman–Crippen LogP) is 1.29. The maximum Gasteiger partial charge on any atom is 0.251 e. The number of hydrogen-bond acceptors (Lipinski definition) is 3. The van der Waals surface area contributed by atoms with Gasteiger partial charge in [-0.25, -0.2) is 0 Å². The Morgan fingerprint density at radius 1 is 1.39 bits per heavy atom. The molecule has 4 N–H and O–H groups in total. The van der Waals surface area contributed by atoms with Crippen molar-refractivity contribution in [3.63, 3.8) is 0 Å². The van der Waals surface area contributed by atoms with E-state index in [1.54, 1.807) is 18.2 Å². The molecule has 0 saturated heterocycles. The van der Waals surface area contributed by atoms with Crippen molar-refractivity contribution in [2.75, 3.05) is 12.3 Å². The zero-order valence-corrected chi connectivity index (χ0v) is 11.9. The highest BCUT2D eigenvalue weighted by Gasteiger charge is 2.09. The number of halogens is 1. The minimum absolute atomic E-state index is 0.0426. The number of hydrogen-bond donors (Lipinski definition) is 3. The summed E-state index contributed by atoms with van der Waals surface area (Å²) in [5.41, 5.74) is 6.63. The van der Waals surface area contributed by atoms with E-state index in [2.05, 4.69) is 26.6 Å². The van der Waals surface area contributed by atoms with E-state index in [0.29, 0.717) is 15.7 Å². The molecule has 0 bridgehead atoms. The standard InChI is InChI=1S/C12H16BrN3O2/c1-7(2)16-11(17)6-15-12(18)8-3-4-10(14)9(13)5-8/h3-5,7H,6,14H2,1-2H3,(H,15,18)(H,16,17). The van der Waals surface area contributed by atoms with Crippen molar-refractivity contribution in [2.24, 2.45) is 0 Å². The molecule has 0 aliphatic rings. The molecular formula is C12H16BrN3O2. The van der Waals surface area contributed by atoms with Crippen LogP contribution in [0.25, 0.3) is 0 Å². The molecule has 0 spiro atoms. The van der Waals surface area contributed by atoms with Crippen molar-refractivity contribution in [1.29, 1.82) is 0 Å². The molecule has 5 nitrogen and oxygen atoms in total. The average Bonchev–Trinajstić information content (AvgIpc) is 2.28. The second-order valence-electron chi connectivity index (χ2n) is 4.14. The van der Waals surface area contributed by atoms with Crippen LogP contribution in [0.2, 0.25) is 0 Å². The summed E-state index contributed by atoms with van der Waals surface area (Å²) in [5.74, 6) is -0.525. The fourth-order valence-corrected chi connectivity index (χ4v) is 1.68. The molecule has 0 aliphatic heterocycles. The summed E-state index contributed by atoms with van der Waals surface area (Å²) < 4.78 is 0.654. The van der Waals surface area contributed by atoms with Crippen LogP contribution in [-0.4, -0.2) is 24.4 Å². The van der Waals surface area contributed by atoms with E-state index in [-0.39, 0.29) is 24.4 Å². The highest BCUT2D eigenvalue weighted by atomic mass is 79.9. The summed E-state index contributed by atoms with van der Waals surface area (Å²) in [5, 5.41) is 5.23. The highest BCUT2D eigenvalue weighted by molar-refractivity contribution is 9.10. The van der Waals surface area contributed by atoms with Crippen LogP contribution in [0.4, 0.5) is 5.69 Å². The third-order valence-corrected chi connectivity index (χ3v) is 2.81. The first-order valence-corrected chi connectivity index (χ1v) is 6.32. The fraction of sp³-hybridized carbons (Fsp3) is 0.333. The number of amides is 2. The molecule has 1 rings (SSSR count). The molecule has 1 aromatic carbocycles. The highest BCUT2D eigenvalue weighted by Crippen LogP contribution is 2.20. The first kappa shape index (κ1) is 14.5. The van der Waals surface area contributed by atoms with Crippen LogP contribution in [0.3, 0.4) is 0 Å². The quantitative estimate of drug-likeness (QED) is 0.732. The van der Waals surface area contributed by atoms with Crippen LogP contribution in [0.15, 0.2) is 22.7 Å². The smallest absolute Gasteiger partial charge is 0.251 e. The van der Waals surface area contributed by atoms with Gasteiger partial charge in [0.1, 0.15) is 0 Å². The van der Waals surface area contributed by atoms with Crippen molar-refractivity contribution in [1.82, 2.24) is 10.6 Å². The molecule has 6 heteroatoms. The second kappa shape index (κ2) is 6.39. The summed E-state index contributed by atoms with van der Waals surface area (Å²) >= 11 is 3.24. The van der Waals surface area contributed by atoms with E-state index in [1.807, 2.05) is 13.8 Å². The third kappa shape index (κ3) is 4.37. The summed E-state index contributed by atoms with van der Waals surface area (Å²) in [4.78, 5) is 23.1. The van der Waals surface area contributed by atoms with Crippen molar-refractivity contribution in [2.45, 2.75) is 19.9 Å². The van der Waals surface area contributed by atoms with Gasteiger partial charge in [-0.2, -0.15) is 0 Å². The lowest BCUT2D eigenvalue weighted by atomic mass is 10.2. The van der Waals surface area contributed by atoms with Gasteiger partial charge < -0.3 is 16.4 Å². The van der Waals surface area contributed by atoms with E-state index in [1.165, 1.54) is 0 Å². The zero-order chi connectivity index (χ0) is 13.7. The van der Waals surface area contributed by atoms with E-state index in [9.17, 15) is 9.59 Å². The molecule has 0 unspecified atom stereocenters. The molecule has 0 atom stereocenters. The number of anilines is 1. The van der Waals surface area contributed by atoms with Gasteiger partial charge in [-0.1, -0.05) is 0 Å². The Kier molecular flexibility index (Phi) is 5.15. The topological polar surface area (TPSA) is 84.2 Å². The largest absolute Gasteiger partial charge is 0.398 e. The van der Waals surface area contributed by atoms with Crippen LogP contribution in [0.1, 0.15) is 24.2 Å². The lowest BCUT2D eigenvalue weighted by Gasteiger charge is -2.09. The predicted molar refractivity (Wildman–Crippen MR) is 74.2 cm³/mol. The van der Waals surface area contributed by atoms with Gasteiger partial charge in [0.25, 0.3) is 5.91 Å². The number of benzene rings is 1. The Morgan fingerprint density at radius 3 is 2.61 bits per heavy atom. The Morgan fingerprint density at radius 2 is 2.06 bits per heavy atom. The Bertz CT molecular complexity index is 461. The van der Waals surface area contributed by atoms with Gasteiger partial charge in [-0.15, -0.1) is 0 Å². The van der Waals surface area contributed by atoms with Gasteiger partial charge >= 0.3 is 0 Å². The molecule has 98 valence electrons. The van der Waals surface area contributed by atoms with Gasteiger partial charge in [0.05, 0.1) is 6.54 Å². The maximum absolute atomic E-state index is 11.7. The first-order chi connectivity index (χ1) is 8.40. The summed E-state index contributed by atoms with van der Waals surface area (Å²) in [7, 11) is 0. The van der Waals surface area contributed by atoms with E-state index in [0.717, 1.165) is 0 Å². The molecular weight excluding hydrogens is 298 g/mol. The maximum atomic E-state index is 11.7. The Labute approximate surface area is 114 Å². The fourth-order valence-electron chi connectivity index (χ4n) is 1.30. The van der Waals surface area contributed by atoms with Crippen LogP contribution in [-0.2, 0) is 4.79 Å². The monoisotopic (exact) mass is 313 g/mol. The lowest BCUT2D eigenvalue weighted by Crippen LogP contribution is -2.39. The van der Waals surface area contributed by atoms with Crippen molar-refractivity contribution in [3.05, 3.63) is 28.2 Å². The number of nitrogens with one attached hydrogen (secondary N) is 2. The number of nitrogens with two attached hydrogens (primary N) is 1. The minimum atomic E-state index is -0.311. The minimum Gasteiger partial charge on any atom is -0.398 e. The van der Waals surface area contributed by atoms with E-state index < -0.39 is 0 Å². The van der Waals surface area contributed by atoms with E-state index >= 15 is 0 Å². The molecule has 0 saturated carbocycles. The van der Waals surface area contributed by atoms with E-state index in [4.69, 9.17) is 5.73 Å². The van der Waals surface area contributed by atoms with Gasteiger partial charge in [0, 0.05) is 21.8 Å². The van der Waals surface area contributed by atoms with Gasteiger partial charge in [-0.3, -0.25) is 9.59 Å². The molecule has 0 fully saturated rings. The molecule has 0 heterocycles. The lowest BCUT2D eigenvalue weighted by molar-refractivity contribution is -0.120. The number of carbonyl (C=O) groups excluding carboxylic acids is 2. The van der Waals surface area contributed by atoms with Crippen LogP contribution < -0.4 is 16.4 Å². The van der Waals surface area contributed by atoms with Crippen molar-refractivity contribution >= 4 is 33.4 Å². The van der Waals surface area contributed by atoms with Crippen molar-refractivity contribution < 1.29 is 9.59 Å². The zero-order valence-electron chi connectivity index (χ0n) is 10.3.